The van der Waals surface area contributed by atoms with Gasteiger partial charge in [0.1, 0.15) is 12.1 Å². The highest BCUT2D eigenvalue weighted by atomic mass is 35.5. The molecule has 1 atom stereocenters. The van der Waals surface area contributed by atoms with Crippen LogP contribution in [0, 0.1) is 0 Å². The smallest absolute Gasteiger partial charge is 0.139 e. The van der Waals surface area contributed by atoms with E-state index in [9.17, 15) is 0 Å². The quantitative estimate of drug-likeness (QED) is 0.838. The van der Waals surface area contributed by atoms with E-state index >= 15 is 0 Å². The summed E-state index contributed by atoms with van der Waals surface area (Å²) in [6.45, 7) is 2.14. The Morgan fingerprint density at radius 2 is 2.20 bits per heavy atom. The number of rotatable bonds is 2. The highest BCUT2D eigenvalue weighted by molar-refractivity contribution is 7.99. The molecule has 1 aromatic heterocycles. The van der Waals surface area contributed by atoms with Crippen molar-refractivity contribution >= 4 is 40.1 Å². The normalized spacial score (nSPS) is 20.1. The van der Waals surface area contributed by atoms with Crippen LogP contribution in [0.3, 0.4) is 0 Å². The fourth-order valence-corrected chi connectivity index (χ4v) is 3.65. The molecule has 3 nitrogen and oxygen atoms in total. The van der Waals surface area contributed by atoms with Gasteiger partial charge < -0.3 is 4.90 Å². The second-order valence-corrected chi connectivity index (χ2v) is 6.73. The first-order valence-corrected chi connectivity index (χ1v) is 8.62. The number of thioether (sulfide) groups is 1. The molecular weight excluding hydrogens is 290 g/mol. The van der Waals surface area contributed by atoms with E-state index in [1.807, 2.05) is 30.0 Å². The van der Waals surface area contributed by atoms with Crippen molar-refractivity contribution in [1.82, 2.24) is 9.97 Å². The summed E-state index contributed by atoms with van der Waals surface area (Å²) in [7, 11) is 0. The molecular formula is C15H18ClN3S. The van der Waals surface area contributed by atoms with Crippen LogP contribution in [0.15, 0.2) is 24.5 Å². The average Bonchev–Trinajstić information content (AvgIpc) is 2.71. The van der Waals surface area contributed by atoms with Crippen molar-refractivity contribution in [3.05, 3.63) is 29.5 Å². The number of halogens is 1. The van der Waals surface area contributed by atoms with E-state index in [0.717, 1.165) is 34.8 Å². The minimum absolute atomic E-state index is 0.690. The van der Waals surface area contributed by atoms with Gasteiger partial charge in [-0.05, 0) is 37.3 Å². The number of aromatic nitrogens is 2. The molecule has 0 radical (unpaired) electrons. The molecule has 106 valence electrons. The molecule has 0 aliphatic carbocycles. The molecule has 1 aromatic carbocycles. The fourth-order valence-electron chi connectivity index (χ4n) is 2.76. The monoisotopic (exact) mass is 307 g/mol. The lowest BCUT2D eigenvalue weighted by molar-refractivity contribution is 0.736. The second-order valence-electron chi connectivity index (χ2n) is 5.16. The maximum absolute atomic E-state index is 6.05. The van der Waals surface area contributed by atoms with Gasteiger partial charge in [-0.1, -0.05) is 18.0 Å². The molecule has 2 heterocycles. The Hall–Kier alpha value is -1.00. The van der Waals surface area contributed by atoms with Crippen LogP contribution in [-0.4, -0.2) is 34.6 Å². The highest BCUT2D eigenvalue weighted by Gasteiger charge is 2.20. The number of hydrogen-bond donors (Lipinski definition) is 0. The van der Waals surface area contributed by atoms with Gasteiger partial charge >= 0.3 is 0 Å². The van der Waals surface area contributed by atoms with Crippen LogP contribution in [-0.2, 0) is 0 Å². The zero-order valence-corrected chi connectivity index (χ0v) is 13.1. The van der Waals surface area contributed by atoms with Gasteiger partial charge in [-0.3, -0.25) is 0 Å². The molecule has 1 aliphatic rings. The molecule has 3 rings (SSSR count). The first kappa shape index (κ1) is 14.0. The predicted octanol–water partition coefficient (Wildman–Crippen LogP) is 4.01. The van der Waals surface area contributed by atoms with E-state index < -0.39 is 0 Å². The Bertz CT molecular complexity index is 605. The molecule has 1 unspecified atom stereocenters. The largest absolute Gasteiger partial charge is 0.355 e. The van der Waals surface area contributed by atoms with Gasteiger partial charge in [-0.2, -0.15) is 11.8 Å². The number of benzene rings is 1. The van der Waals surface area contributed by atoms with Crippen LogP contribution in [0.5, 0.6) is 0 Å². The molecule has 1 aliphatic heterocycles. The van der Waals surface area contributed by atoms with Crippen molar-refractivity contribution in [3.63, 3.8) is 0 Å². The number of anilines is 1. The van der Waals surface area contributed by atoms with Gasteiger partial charge in [-0.25, -0.2) is 9.97 Å². The van der Waals surface area contributed by atoms with Crippen molar-refractivity contribution in [1.29, 1.82) is 0 Å². The minimum Gasteiger partial charge on any atom is -0.355 e. The lowest BCUT2D eigenvalue weighted by Crippen LogP contribution is -2.30. The minimum atomic E-state index is 0.690. The summed E-state index contributed by atoms with van der Waals surface area (Å²) in [5.74, 6) is 1.05. The van der Waals surface area contributed by atoms with Crippen molar-refractivity contribution in [3.8, 4) is 0 Å². The molecule has 0 saturated carbocycles. The van der Waals surface area contributed by atoms with Gasteiger partial charge in [0, 0.05) is 28.7 Å². The fraction of sp³-hybridized carbons (Fsp3) is 0.467. The van der Waals surface area contributed by atoms with E-state index in [-0.39, 0.29) is 0 Å². The summed E-state index contributed by atoms with van der Waals surface area (Å²) in [6.07, 6.45) is 7.68. The van der Waals surface area contributed by atoms with Crippen molar-refractivity contribution < 1.29 is 0 Å². The van der Waals surface area contributed by atoms with E-state index in [4.69, 9.17) is 11.6 Å². The maximum atomic E-state index is 6.05. The van der Waals surface area contributed by atoms with Gasteiger partial charge in [-0.15, -0.1) is 0 Å². The standard InChI is InChI=1S/C15H18ClN3S/c1-20-12-4-2-3-7-19(9-12)15-13-6-5-11(16)8-14(13)17-10-18-15/h5-6,8,10,12H,2-4,7,9H2,1H3. The topological polar surface area (TPSA) is 29.0 Å². The Balaban J connectivity index is 2.00. The van der Waals surface area contributed by atoms with Gasteiger partial charge in [0.15, 0.2) is 0 Å². The molecule has 0 bridgehead atoms. The third-order valence-electron chi connectivity index (χ3n) is 3.84. The molecule has 0 spiro atoms. The van der Waals surface area contributed by atoms with Crippen LogP contribution >= 0.6 is 23.4 Å². The lowest BCUT2D eigenvalue weighted by Gasteiger charge is -2.25. The Morgan fingerprint density at radius 1 is 1.30 bits per heavy atom. The van der Waals surface area contributed by atoms with Crippen LogP contribution in [0.25, 0.3) is 10.9 Å². The summed E-state index contributed by atoms with van der Waals surface area (Å²) in [5, 5.41) is 2.51. The van der Waals surface area contributed by atoms with E-state index in [1.165, 1.54) is 19.3 Å². The SMILES string of the molecule is CSC1CCCCN(c2ncnc3cc(Cl)ccc23)C1. The number of hydrogen-bond acceptors (Lipinski definition) is 4. The van der Waals surface area contributed by atoms with Gasteiger partial charge in [0.2, 0.25) is 0 Å². The number of fused-ring (bicyclic) bond motifs is 1. The van der Waals surface area contributed by atoms with Crippen molar-refractivity contribution in [2.75, 3.05) is 24.2 Å². The van der Waals surface area contributed by atoms with Crippen molar-refractivity contribution in [2.45, 2.75) is 24.5 Å². The first-order valence-electron chi connectivity index (χ1n) is 6.96. The summed E-state index contributed by atoms with van der Waals surface area (Å²) in [6, 6.07) is 5.86. The third-order valence-corrected chi connectivity index (χ3v) is 5.13. The van der Waals surface area contributed by atoms with E-state index in [1.54, 1.807) is 6.33 Å². The molecule has 1 saturated heterocycles. The molecule has 20 heavy (non-hydrogen) atoms. The van der Waals surface area contributed by atoms with Crippen LogP contribution < -0.4 is 4.90 Å². The molecule has 0 amide bonds. The molecule has 1 fully saturated rings. The van der Waals surface area contributed by atoms with E-state index in [2.05, 4.69) is 21.1 Å². The summed E-state index contributed by atoms with van der Waals surface area (Å²) in [5.41, 5.74) is 0.924. The van der Waals surface area contributed by atoms with Crippen molar-refractivity contribution in [2.24, 2.45) is 0 Å². The molecule has 2 aromatic rings. The first-order chi connectivity index (χ1) is 9.78. The Morgan fingerprint density at radius 3 is 3.05 bits per heavy atom. The molecule has 0 N–H and O–H groups in total. The summed E-state index contributed by atoms with van der Waals surface area (Å²) in [4.78, 5) is 11.3. The lowest BCUT2D eigenvalue weighted by atomic mass is 10.2. The second kappa shape index (κ2) is 6.19. The third kappa shape index (κ3) is 2.86. The molecule has 5 heteroatoms. The Kier molecular flexibility index (Phi) is 4.32. The predicted molar refractivity (Wildman–Crippen MR) is 87.9 cm³/mol. The number of nitrogens with zero attached hydrogens (tertiary/aromatic N) is 3. The van der Waals surface area contributed by atoms with Crippen LogP contribution in [0.1, 0.15) is 19.3 Å². The highest BCUT2D eigenvalue weighted by Crippen LogP contribution is 2.29. The summed E-state index contributed by atoms with van der Waals surface area (Å²) < 4.78 is 0. The van der Waals surface area contributed by atoms with Crippen LogP contribution in [0.2, 0.25) is 5.02 Å². The van der Waals surface area contributed by atoms with Gasteiger partial charge in [0.25, 0.3) is 0 Å². The average molecular weight is 308 g/mol. The van der Waals surface area contributed by atoms with Crippen LogP contribution in [0.4, 0.5) is 5.82 Å². The van der Waals surface area contributed by atoms with E-state index in [0.29, 0.717) is 5.25 Å². The van der Waals surface area contributed by atoms with Gasteiger partial charge in [0.05, 0.1) is 5.52 Å². The summed E-state index contributed by atoms with van der Waals surface area (Å²) >= 11 is 8.01. The zero-order valence-electron chi connectivity index (χ0n) is 11.6. The Labute approximate surface area is 128 Å². The zero-order chi connectivity index (χ0) is 13.9. The maximum Gasteiger partial charge on any atom is 0.139 e.